The van der Waals surface area contributed by atoms with Crippen molar-refractivity contribution in [3.05, 3.63) is 62.8 Å². The van der Waals surface area contributed by atoms with Crippen LogP contribution in [0.1, 0.15) is 23.2 Å². The second-order valence-corrected chi connectivity index (χ2v) is 5.72. The zero-order chi connectivity index (χ0) is 15.5. The van der Waals surface area contributed by atoms with Crippen molar-refractivity contribution in [2.75, 3.05) is 6.54 Å². The summed E-state index contributed by atoms with van der Waals surface area (Å²) in [6, 6.07) is 7.53. The molecule has 0 atom stereocenters. The number of carbonyl (C=O) groups excluding carboxylic acids is 1. The van der Waals surface area contributed by atoms with Crippen molar-refractivity contribution in [2.24, 2.45) is 0 Å². The Bertz CT molecular complexity index is 757. The molecule has 0 aliphatic carbocycles. The number of aromatic nitrogens is 2. The minimum absolute atomic E-state index is 0.0359. The number of nitrogens with zero attached hydrogens (tertiary/aromatic N) is 2. The fourth-order valence-corrected chi connectivity index (χ4v) is 2.90. The Morgan fingerprint density at radius 1 is 1.36 bits per heavy atom. The highest BCUT2D eigenvalue weighted by Crippen LogP contribution is 2.18. The zero-order valence-electron chi connectivity index (χ0n) is 12.0. The van der Waals surface area contributed by atoms with Gasteiger partial charge in [0.1, 0.15) is 0 Å². The highest BCUT2D eigenvalue weighted by molar-refractivity contribution is 6.31. The van der Waals surface area contributed by atoms with E-state index in [2.05, 4.69) is 9.97 Å². The van der Waals surface area contributed by atoms with Gasteiger partial charge in [-0.15, -0.1) is 0 Å². The molecule has 5 nitrogen and oxygen atoms in total. The van der Waals surface area contributed by atoms with E-state index in [1.54, 1.807) is 4.90 Å². The Labute approximate surface area is 132 Å². The van der Waals surface area contributed by atoms with Gasteiger partial charge in [0.05, 0.1) is 24.1 Å². The first-order valence-electron chi connectivity index (χ1n) is 7.22. The Kier molecular flexibility index (Phi) is 4.24. The lowest BCUT2D eigenvalue weighted by molar-refractivity contribution is -0.132. The number of fused-ring (bicyclic) bond motifs is 1. The molecule has 1 aliphatic heterocycles. The van der Waals surface area contributed by atoms with E-state index in [9.17, 15) is 9.59 Å². The molecule has 1 N–H and O–H groups in total. The number of nitrogens with one attached hydrogen (secondary N) is 1. The van der Waals surface area contributed by atoms with Gasteiger partial charge in [-0.3, -0.25) is 9.59 Å². The standard InChI is InChI=1S/C16H16ClN3O2/c17-13-4-2-1-3-11(13)5-6-15(21)20-8-7-14-12(9-20)16(22)19-10-18-14/h1-4,10H,5-9H2,(H,18,19,22). The Morgan fingerprint density at radius 2 is 2.18 bits per heavy atom. The van der Waals surface area contributed by atoms with Crippen LogP contribution in [0.15, 0.2) is 35.4 Å². The molecule has 1 aromatic carbocycles. The largest absolute Gasteiger partial charge is 0.338 e. The third kappa shape index (κ3) is 3.04. The molecule has 3 rings (SSSR count). The maximum Gasteiger partial charge on any atom is 0.255 e. The van der Waals surface area contributed by atoms with E-state index >= 15 is 0 Å². The highest BCUT2D eigenvalue weighted by Gasteiger charge is 2.23. The average molecular weight is 318 g/mol. The van der Waals surface area contributed by atoms with Crippen LogP contribution in [0.2, 0.25) is 5.02 Å². The normalized spacial score (nSPS) is 13.8. The number of benzene rings is 1. The van der Waals surface area contributed by atoms with Gasteiger partial charge < -0.3 is 9.88 Å². The second kappa shape index (κ2) is 6.32. The average Bonchev–Trinajstić information content (AvgIpc) is 2.54. The van der Waals surface area contributed by atoms with Gasteiger partial charge in [0.2, 0.25) is 5.91 Å². The van der Waals surface area contributed by atoms with E-state index in [1.807, 2.05) is 24.3 Å². The zero-order valence-corrected chi connectivity index (χ0v) is 12.8. The first kappa shape index (κ1) is 14.8. The van der Waals surface area contributed by atoms with E-state index in [-0.39, 0.29) is 11.5 Å². The summed E-state index contributed by atoms with van der Waals surface area (Å²) in [6.07, 6.45) is 3.02. The number of H-pyrrole nitrogens is 1. The van der Waals surface area contributed by atoms with Crippen LogP contribution in [-0.2, 0) is 24.2 Å². The number of hydrogen-bond acceptors (Lipinski definition) is 3. The van der Waals surface area contributed by atoms with Crippen molar-refractivity contribution in [3.8, 4) is 0 Å². The maximum atomic E-state index is 12.4. The van der Waals surface area contributed by atoms with Crippen molar-refractivity contribution in [3.63, 3.8) is 0 Å². The first-order valence-corrected chi connectivity index (χ1v) is 7.59. The predicted molar refractivity (Wildman–Crippen MR) is 83.8 cm³/mol. The molecule has 0 spiro atoms. The van der Waals surface area contributed by atoms with Crippen molar-refractivity contribution >= 4 is 17.5 Å². The Hall–Kier alpha value is -2.14. The molecule has 0 fully saturated rings. The minimum atomic E-state index is -0.159. The van der Waals surface area contributed by atoms with Crippen LogP contribution in [0.25, 0.3) is 0 Å². The van der Waals surface area contributed by atoms with E-state index in [0.717, 1.165) is 11.3 Å². The van der Waals surface area contributed by atoms with Crippen molar-refractivity contribution in [1.29, 1.82) is 0 Å². The molecule has 0 saturated heterocycles. The smallest absolute Gasteiger partial charge is 0.255 e. The molecule has 0 radical (unpaired) electrons. The minimum Gasteiger partial charge on any atom is -0.338 e. The fraction of sp³-hybridized carbons (Fsp3) is 0.312. The topological polar surface area (TPSA) is 66.1 Å². The number of halogens is 1. The molecule has 6 heteroatoms. The molecule has 1 aromatic heterocycles. The summed E-state index contributed by atoms with van der Waals surface area (Å²) in [5, 5.41) is 0.680. The number of rotatable bonds is 3. The number of aromatic amines is 1. The van der Waals surface area contributed by atoms with Gasteiger partial charge in [0.25, 0.3) is 5.56 Å². The van der Waals surface area contributed by atoms with E-state index in [1.165, 1.54) is 6.33 Å². The van der Waals surface area contributed by atoms with Crippen LogP contribution in [0.3, 0.4) is 0 Å². The first-order chi connectivity index (χ1) is 10.6. The third-order valence-electron chi connectivity index (χ3n) is 3.92. The van der Waals surface area contributed by atoms with Gasteiger partial charge in [0, 0.05) is 24.4 Å². The van der Waals surface area contributed by atoms with E-state index in [0.29, 0.717) is 42.9 Å². The number of aryl methyl sites for hydroxylation is 1. The van der Waals surface area contributed by atoms with Crippen LogP contribution in [0.4, 0.5) is 0 Å². The second-order valence-electron chi connectivity index (χ2n) is 5.31. The summed E-state index contributed by atoms with van der Waals surface area (Å²) < 4.78 is 0. The summed E-state index contributed by atoms with van der Waals surface area (Å²) >= 11 is 6.10. The molecule has 2 heterocycles. The van der Waals surface area contributed by atoms with Gasteiger partial charge >= 0.3 is 0 Å². The van der Waals surface area contributed by atoms with Gasteiger partial charge in [-0.05, 0) is 18.1 Å². The van der Waals surface area contributed by atoms with Crippen LogP contribution < -0.4 is 5.56 Å². The summed E-state index contributed by atoms with van der Waals surface area (Å²) in [6.45, 7) is 0.935. The van der Waals surface area contributed by atoms with Crippen molar-refractivity contribution in [1.82, 2.24) is 14.9 Å². The summed E-state index contributed by atoms with van der Waals surface area (Å²) in [4.78, 5) is 32.6. The number of amides is 1. The lowest BCUT2D eigenvalue weighted by Gasteiger charge is -2.27. The van der Waals surface area contributed by atoms with Crippen molar-refractivity contribution < 1.29 is 4.79 Å². The Morgan fingerprint density at radius 3 is 3.00 bits per heavy atom. The molecular weight excluding hydrogens is 302 g/mol. The maximum absolute atomic E-state index is 12.4. The molecule has 114 valence electrons. The summed E-state index contributed by atoms with van der Waals surface area (Å²) in [7, 11) is 0. The lowest BCUT2D eigenvalue weighted by Crippen LogP contribution is -2.39. The Balaban J connectivity index is 1.66. The van der Waals surface area contributed by atoms with Crippen LogP contribution in [0.5, 0.6) is 0 Å². The molecule has 2 aromatic rings. The molecule has 0 unspecified atom stereocenters. The van der Waals surface area contributed by atoms with Gasteiger partial charge in [-0.1, -0.05) is 29.8 Å². The molecular formula is C16H16ClN3O2. The van der Waals surface area contributed by atoms with Crippen LogP contribution >= 0.6 is 11.6 Å². The van der Waals surface area contributed by atoms with Gasteiger partial charge in [0.15, 0.2) is 0 Å². The molecule has 22 heavy (non-hydrogen) atoms. The molecule has 0 bridgehead atoms. The number of hydrogen-bond donors (Lipinski definition) is 1. The van der Waals surface area contributed by atoms with E-state index < -0.39 is 0 Å². The molecule has 1 amide bonds. The third-order valence-corrected chi connectivity index (χ3v) is 4.29. The monoisotopic (exact) mass is 317 g/mol. The van der Waals surface area contributed by atoms with Crippen LogP contribution in [-0.4, -0.2) is 27.3 Å². The quantitative estimate of drug-likeness (QED) is 0.941. The van der Waals surface area contributed by atoms with Gasteiger partial charge in [-0.2, -0.15) is 0 Å². The van der Waals surface area contributed by atoms with Gasteiger partial charge in [-0.25, -0.2) is 4.98 Å². The lowest BCUT2D eigenvalue weighted by atomic mass is 10.1. The van der Waals surface area contributed by atoms with E-state index in [4.69, 9.17) is 11.6 Å². The highest BCUT2D eigenvalue weighted by atomic mass is 35.5. The summed E-state index contributed by atoms with van der Waals surface area (Å²) in [5.74, 6) is 0.0359. The SMILES string of the molecule is O=C(CCc1ccccc1Cl)N1CCc2nc[nH]c(=O)c2C1. The van der Waals surface area contributed by atoms with Crippen LogP contribution in [0, 0.1) is 0 Å². The molecule has 0 saturated carbocycles. The summed E-state index contributed by atoms with van der Waals surface area (Å²) in [5.41, 5.74) is 2.20. The fourth-order valence-electron chi connectivity index (χ4n) is 2.67. The predicted octanol–water partition coefficient (Wildman–Crippen LogP) is 1.94. The number of carbonyl (C=O) groups is 1. The molecule has 1 aliphatic rings. The van der Waals surface area contributed by atoms with Crippen molar-refractivity contribution in [2.45, 2.75) is 25.8 Å².